The Kier molecular flexibility index (Phi) is 6.11. The van der Waals surface area contributed by atoms with Gasteiger partial charge in [0.15, 0.2) is 17.3 Å². The van der Waals surface area contributed by atoms with E-state index >= 15 is 0 Å². The number of carbonyl (C=O) groups excluding carboxylic acids is 1. The Balaban J connectivity index is 1.28. The molecular formula is C24H24N4O3S. The topological polar surface area (TPSA) is 76.6 Å². The van der Waals surface area contributed by atoms with Gasteiger partial charge in [-0.15, -0.1) is 0 Å². The molecule has 2 aliphatic rings. The molecule has 1 amide bonds. The van der Waals surface area contributed by atoms with Crippen LogP contribution in [0.1, 0.15) is 12.8 Å². The van der Waals surface area contributed by atoms with Crippen molar-refractivity contribution >= 4 is 29.2 Å². The summed E-state index contributed by atoms with van der Waals surface area (Å²) in [5, 5.41) is 3.90. The fraction of sp³-hybridized carbons (Fsp3) is 0.292. The summed E-state index contributed by atoms with van der Waals surface area (Å²) < 4.78 is 11.2. The van der Waals surface area contributed by atoms with Gasteiger partial charge in [0.25, 0.3) is 0 Å². The summed E-state index contributed by atoms with van der Waals surface area (Å²) in [6.07, 6.45) is 5.19. The second-order valence-electron chi connectivity index (χ2n) is 7.73. The number of aromatic nitrogens is 2. The molecule has 1 atom stereocenters. The summed E-state index contributed by atoms with van der Waals surface area (Å²) >= 11 is 1.59. The maximum Gasteiger partial charge on any atom is 0.229 e. The predicted octanol–water partition coefficient (Wildman–Crippen LogP) is 4.25. The van der Waals surface area contributed by atoms with Crippen molar-refractivity contribution in [3.05, 3.63) is 60.9 Å². The molecule has 3 aromatic rings. The average Bonchev–Trinajstić information content (AvgIpc) is 2.85. The first kappa shape index (κ1) is 20.6. The minimum Gasteiger partial charge on any atom is -0.486 e. The summed E-state index contributed by atoms with van der Waals surface area (Å²) in [5.41, 5.74) is 0.719. The second-order valence-corrected chi connectivity index (χ2v) is 8.80. The number of nitrogens with zero attached hydrogens (tertiary/aromatic N) is 3. The first-order valence-electron chi connectivity index (χ1n) is 10.8. The van der Waals surface area contributed by atoms with Crippen LogP contribution in [0.2, 0.25) is 0 Å². The van der Waals surface area contributed by atoms with E-state index in [2.05, 4.69) is 32.3 Å². The van der Waals surface area contributed by atoms with Crippen molar-refractivity contribution in [2.75, 3.05) is 36.5 Å². The van der Waals surface area contributed by atoms with Crippen LogP contribution >= 0.6 is 11.8 Å². The Hall–Kier alpha value is -3.26. The normalized spacial score (nSPS) is 17.6. The molecule has 1 fully saturated rings. The van der Waals surface area contributed by atoms with Gasteiger partial charge in [-0.2, -0.15) is 0 Å². The molecule has 0 unspecified atom stereocenters. The molecule has 2 aliphatic heterocycles. The van der Waals surface area contributed by atoms with Gasteiger partial charge in [-0.1, -0.05) is 30.0 Å². The van der Waals surface area contributed by atoms with Gasteiger partial charge in [0.1, 0.15) is 18.2 Å². The highest BCUT2D eigenvalue weighted by molar-refractivity contribution is 7.99. The van der Waals surface area contributed by atoms with E-state index in [0.29, 0.717) is 31.3 Å². The van der Waals surface area contributed by atoms with Gasteiger partial charge in [0.2, 0.25) is 5.91 Å². The van der Waals surface area contributed by atoms with Crippen LogP contribution in [0, 0.1) is 5.92 Å². The number of carbonyl (C=O) groups is 1. The number of hydrogen-bond acceptors (Lipinski definition) is 7. The Morgan fingerprint density at radius 3 is 2.72 bits per heavy atom. The monoisotopic (exact) mass is 448 g/mol. The average molecular weight is 449 g/mol. The van der Waals surface area contributed by atoms with E-state index in [0.717, 1.165) is 40.8 Å². The number of benzene rings is 2. The van der Waals surface area contributed by atoms with Crippen LogP contribution in [-0.4, -0.2) is 42.2 Å². The van der Waals surface area contributed by atoms with Gasteiger partial charge in [-0.05, 0) is 37.1 Å². The van der Waals surface area contributed by atoms with Gasteiger partial charge in [-0.25, -0.2) is 9.97 Å². The predicted molar refractivity (Wildman–Crippen MR) is 124 cm³/mol. The van der Waals surface area contributed by atoms with E-state index in [9.17, 15) is 4.79 Å². The van der Waals surface area contributed by atoms with E-state index in [1.165, 1.54) is 0 Å². The summed E-state index contributed by atoms with van der Waals surface area (Å²) in [6.45, 7) is 2.53. The molecule has 1 N–H and O–H groups in total. The highest BCUT2D eigenvalue weighted by Gasteiger charge is 2.28. The lowest BCUT2D eigenvalue weighted by Crippen LogP contribution is -2.41. The van der Waals surface area contributed by atoms with E-state index in [1.807, 2.05) is 36.4 Å². The fourth-order valence-electron chi connectivity index (χ4n) is 3.96. The Labute approximate surface area is 191 Å². The molecule has 0 bridgehead atoms. The SMILES string of the molecule is O=C(Nc1ccc2c(c1)OCCO2)[C@@H]1CCCN(c2nccnc2Sc2ccccc2)C1. The second kappa shape index (κ2) is 9.48. The number of ether oxygens (including phenoxy) is 2. The lowest BCUT2D eigenvalue weighted by molar-refractivity contribution is -0.120. The first-order chi connectivity index (χ1) is 15.8. The molecule has 32 heavy (non-hydrogen) atoms. The molecule has 2 aromatic carbocycles. The standard InChI is InChI=1S/C24H24N4O3S/c29-23(27-18-8-9-20-21(15-18)31-14-13-30-20)17-5-4-12-28(16-17)22-24(26-11-10-25-22)32-19-6-2-1-3-7-19/h1-3,6-11,15,17H,4-5,12-14,16H2,(H,27,29)/t17-/m1/s1. The third-order valence-corrected chi connectivity index (χ3v) is 6.49. The van der Waals surface area contributed by atoms with Crippen molar-refractivity contribution in [3.63, 3.8) is 0 Å². The highest BCUT2D eigenvalue weighted by atomic mass is 32.2. The number of fused-ring (bicyclic) bond motifs is 1. The third kappa shape index (κ3) is 4.65. The lowest BCUT2D eigenvalue weighted by Gasteiger charge is -2.33. The molecule has 7 nitrogen and oxygen atoms in total. The fourth-order valence-corrected chi connectivity index (χ4v) is 4.86. The van der Waals surface area contributed by atoms with Crippen LogP contribution in [0.25, 0.3) is 0 Å². The zero-order chi connectivity index (χ0) is 21.8. The van der Waals surface area contributed by atoms with Gasteiger partial charge in [0.05, 0.1) is 5.92 Å². The molecule has 0 spiro atoms. The lowest BCUT2D eigenvalue weighted by atomic mass is 9.97. The van der Waals surface area contributed by atoms with Crippen LogP contribution in [0.3, 0.4) is 0 Å². The summed E-state index contributed by atoms with van der Waals surface area (Å²) in [7, 11) is 0. The molecule has 0 radical (unpaired) electrons. The number of anilines is 2. The third-order valence-electron chi connectivity index (χ3n) is 5.51. The molecule has 164 valence electrons. The van der Waals surface area contributed by atoms with Crippen molar-refractivity contribution in [2.24, 2.45) is 5.92 Å². The molecule has 5 rings (SSSR count). The van der Waals surface area contributed by atoms with Crippen LogP contribution < -0.4 is 19.7 Å². The Bertz CT molecular complexity index is 1100. The van der Waals surface area contributed by atoms with Crippen LogP contribution in [0.15, 0.2) is 70.8 Å². The molecule has 3 heterocycles. The minimum atomic E-state index is -0.131. The van der Waals surface area contributed by atoms with Crippen LogP contribution in [-0.2, 0) is 4.79 Å². The summed E-state index contributed by atoms with van der Waals surface area (Å²) in [6, 6.07) is 15.6. The van der Waals surface area contributed by atoms with Crippen molar-refractivity contribution in [2.45, 2.75) is 22.8 Å². The number of amides is 1. The molecule has 1 aromatic heterocycles. The largest absolute Gasteiger partial charge is 0.486 e. The molecule has 1 saturated heterocycles. The van der Waals surface area contributed by atoms with Crippen molar-refractivity contribution in [1.82, 2.24) is 9.97 Å². The Morgan fingerprint density at radius 1 is 1.03 bits per heavy atom. The van der Waals surface area contributed by atoms with Crippen LogP contribution in [0.5, 0.6) is 11.5 Å². The number of piperidine rings is 1. The smallest absolute Gasteiger partial charge is 0.229 e. The maximum absolute atomic E-state index is 13.0. The number of nitrogens with one attached hydrogen (secondary N) is 1. The molecule has 8 heteroatoms. The first-order valence-corrected chi connectivity index (χ1v) is 11.6. The van der Waals surface area contributed by atoms with Crippen molar-refractivity contribution in [3.8, 4) is 11.5 Å². The van der Waals surface area contributed by atoms with E-state index in [1.54, 1.807) is 24.2 Å². The van der Waals surface area contributed by atoms with Crippen molar-refractivity contribution in [1.29, 1.82) is 0 Å². The van der Waals surface area contributed by atoms with Crippen LogP contribution in [0.4, 0.5) is 11.5 Å². The van der Waals surface area contributed by atoms with Gasteiger partial charge < -0.3 is 19.7 Å². The van der Waals surface area contributed by atoms with E-state index in [4.69, 9.17) is 9.47 Å². The Morgan fingerprint density at radius 2 is 1.84 bits per heavy atom. The number of hydrogen-bond donors (Lipinski definition) is 1. The summed E-state index contributed by atoms with van der Waals surface area (Å²) in [5.74, 6) is 2.09. The zero-order valence-electron chi connectivity index (χ0n) is 17.6. The van der Waals surface area contributed by atoms with E-state index < -0.39 is 0 Å². The van der Waals surface area contributed by atoms with E-state index in [-0.39, 0.29) is 11.8 Å². The van der Waals surface area contributed by atoms with Gasteiger partial charge in [-0.3, -0.25) is 4.79 Å². The highest BCUT2D eigenvalue weighted by Crippen LogP contribution is 2.35. The molecule has 0 saturated carbocycles. The minimum absolute atomic E-state index is 0.00697. The maximum atomic E-state index is 13.0. The van der Waals surface area contributed by atoms with Gasteiger partial charge >= 0.3 is 0 Å². The summed E-state index contributed by atoms with van der Waals surface area (Å²) in [4.78, 5) is 25.5. The zero-order valence-corrected chi connectivity index (χ0v) is 18.4. The molecule has 0 aliphatic carbocycles. The number of rotatable bonds is 5. The van der Waals surface area contributed by atoms with Crippen molar-refractivity contribution < 1.29 is 14.3 Å². The quantitative estimate of drug-likeness (QED) is 0.625. The van der Waals surface area contributed by atoms with Gasteiger partial charge in [0, 0.05) is 42.1 Å². The molecular weight excluding hydrogens is 424 g/mol.